The Morgan fingerprint density at radius 3 is 2.65 bits per heavy atom. The Bertz CT molecular complexity index is 453. The lowest BCUT2D eigenvalue weighted by atomic mass is 9.98. The molecule has 0 unspecified atom stereocenters. The van der Waals surface area contributed by atoms with Crippen molar-refractivity contribution in [2.24, 2.45) is 0 Å². The van der Waals surface area contributed by atoms with Gasteiger partial charge in [0.25, 0.3) is 0 Å². The second-order valence-electron chi connectivity index (χ2n) is 4.92. The maximum absolute atomic E-state index is 14.2. The molecule has 0 saturated carbocycles. The summed E-state index contributed by atoms with van der Waals surface area (Å²) in [5.74, 6) is -1.26. The molecule has 0 spiro atoms. The molecule has 1 aromatic rings. The lowest BCUT2D eigenvalue weighted by Gasteiger charge is -2.35. The largest absolute Gasteiger partial charge is 0.396 e. The van der Waals surface area contributed by atoms with Gasteiger partial charge in [-0.2, -0.15) is 0 Å². The van der Waals surface area contributed by atoms with Gasteiger partial charge < -0.3 is 10.4 Å². The highest BCUT2D eigenvalue weighted by Gasteiger charge is 2.28. The monoisotopic (exact) mass is 304 g/mol. The highest BCUT2D eigenvalue weighted by atomic mass is 35.5. The molecule has 2 rings (SSSR count). The second-order valence-corrected chi connectivity index (χ2v) is 5.33. The standard InChI is InChI=1S/C14H19ClF2N2O/c15-10-3-4-11(16)13(14(10)17)12(2-1-9-20)19-7-5-18-6-8-19/h3-4,12,18,20H,1-2,5-9H2/t12-/m1/s1. The predicted molar refractivity (Wildman–Crippen MR) is 74.9 cm³/mol. The van der Waals surface area contributed by atoms with Crippen LogP contribution in [0.4, 0.5) is 8.78 Å². The number of nitrogens with zero attached hydrogens (tertiary/aromatic N) is 1. The Kier molecular flexibility index (Phi) is 5.72. The van der Waals surface area contributed by atoms with E-state index < -0.39 is 11.6 Å². The van der Waals surface area contributed by atoms with E-state index in [0.717, 1.165) is 26.2 Å². The molecule has 0 aromatic heterocycles. The average molecular weight is 305 g/mol. The van der Waals surface area contributed by atoms with Crippen LogP contribution in [0.5, 0.6) is 0 Å². The molecule has 0 radical (unpaired) electrons. The summed E-state index contributed by atoms with van der Waals surface area (Å²) in [5, 5.41) is 12.2. The average Bonchev–Trinajstić information content (AvgIpc) is 2.47. The molecule has 3 nitrogen and oxygen atoms in total. The van der Waals surface area contributed by atoms with Crippen LogP contribution in [-0.2, 0) is 0 Å². The molecule has 1 saturated heterocycles. The van der Waals surface area contributed by atoms with Crippen molar-refractivity contribution < 1.29 is 13.9 Å². The molecule has 1 aliphatic heterocycles. The number of piperazine rings is 1. The van der Waals surface area contributed by atoms with E-state index in [0.29, 0.717) is 12.8 Å². The predicted octanol–water partition coefficient (Wildman–Crippen LogP) is 2.34. The topological polar surface area (TPSA) is 35.5 Å². The van der Waals surface area contributed by atoms with Gasteiger partial charge in [-0.15, -0.1) is 0 Å². The maximum atomic E-state index is 14.2. The van der Waals surface area contributed by atoms with Crippen molar-refractivity contribution in [3.8, 4) is 0 Å². The van der Waals surface area contributed by atoms with Gasteiger partial charge in [0, 0.05) is 44.4 Å². The number of benzene rings is 1. The first-order valence-corrected chi connectivity index (χ1v) is 7.22. The van der Waals surface area contributed by atoms with E-state index >= 15 is 0 Å². The van der Waals surface area contributed by atoms with Gasteiger partial charge in [0.1, 0.15) is 11.6 Å². The Hall–Kier alpha value is -0.750. The van der Waals surface area contributed by atoms with Crippen LogP contribution in [0.25, 0.3) is 0 Å². The number of aliphatic hydroxyl groups excluding tert-OH is 1. The molecule has 6 heteroatoms. The summed E-state index contributed by atoms with van der Waals surface area (Å²) in [5.41, 5.74) is 0.0212. The summed E-state index contributed by atoms with van der Waals surface area (Å²) >= 11 is 5.78. The number of halogens is 3. The van der Waals surface area contributed by atoms with Gasteiger partial charge in [-0.1, -0.05) is 11.6 Å². The van der Waals surface area contributed by atoms with Gasteiger partial charge in [-0.25, -0.2) is 8.78 Å². The minimum atomic E-state index is -0.687. The fraction of sp³-hybridized carbons (Fsp3) is 0.571. The first kappa shape index (κ1) is 15.6. The third-order valence-electron chi connectivity index (χ3n) is 3.64. The molecule has 20 heavy (non-hydrogen) atoms. The SMILES string of the molecule is OCCC[C@H](c1c(F)ccc(Cl)c1F)N1CCNCC1. The normalized spacial score (nSPS) is 18.2. The van der Waals surface area contributed by atoms with Crippen LogP contribution in [0.1, 0.15) is 24.4 Å². The second kappa shape index (κ2) is 7.31. The number of rotatable bonds is 5. The van der Waals surface area contributed by atoms with Crippen molar-refractivity contribution in [3.63, 3.8) is 0 Å². The summed E-state index contributed by atoms with van der Waals surface area (Å²) < 4.78 is 28.3. The summed E-state index contributed by atoms with van der Waals surface area (Å²) in [7, 11) is 0. The molecule has 0 amide bonds. The highest BCUT2D eigenvalue weighted by molar-refractivity contribution is 6.30. The van der Waals surface area contributed by atoms with Crippen LogP contribution >= 0.6 is 11.6 Å². The molecular weight excluding hydrogens is 286 g/mol. The minimum Gasteiger partial charge on any atom is -0.396 e. The lowest BCUT2D eigenvalue weighted by Crippen LogP contribution is -2.45. The van der Waals surface area contributed by atoms with E-state index in [9.17, 15) is 8.78 Å². The quantitative estimate of drug-likeness (QED) is 0.820. The van der Waals surface area contributed by atoms with Crippen LogP contribution in [-0.4, -0.2) is 42.8 Å². The van der Waals surface area contributed by atoms with E-state index in [4.69, 9.17) is 16.7 Å². The number of nitrogens with one attached hydrogen (secondary N) is 1. The number of aliphatic hydroxyl groups is 1. The van der Waals surface area contributed by atoms with Crippen LogP contribution < -0.4 is 5.32 Å². The van der Waals surface area contributed by atoms with E-state index in [1.54, 1.807) is 0 Å². The molecule has 2 N–H and O–H groups in total. The van der Waals surface area contributed by atoms with Crippen molar-refractivity contribution >= 4 is 11.6 Å². The Morgan fingerprint density at radius 1 is 1.30 bits per heavy atom. The molecule has 1 heterocycles. The first-order chi connectivity index (χ1) is 9.65. The Morgan fingerprint density at radius 2 is 2.00 bits per heavy atom. The van der Waals surface area contributed by atoms with Crippen molar-refractivity contribution in [2.45, 2.75) is 18.9 Å². The molecule has 1 fully saturated rings. The third-order valence-corrected chi connectivity index (χ3v) is 3.93. The molecule has 0 aliphatic carbocycles. The van der Waals surface area contributed by atoms with E-state index in [2.05, 4.69) is 5.32 Å². The molecule has 1 atom stereocenters. The third kappa shape index (κ3) is 3.47. The smallest absolute Gasteiger partial charge is 0.149 e. The molecule has 0 bridgehead atoms. The molecule has 112 valence electrons. The minimum absolute atomic E-state index is 0.00634. The van der Waals surface area contributed by atoms with Gasteiger partial charge in [0.15, 0.2) is 0 Å². The maximum Gasteiger partial charge on any atom is 0.149 e. The zero-order valence-electron chi connectivity index (χ0n) is 11.2. The zero-order valence-corrected chi connectivity index (χ0v) is 12.0. The van der Waals surface area contributed by atoms with Crippen molar-refractivity contribution in [3.05, 3.63) is 34.4 Å². The van der Waals surface area contributed by atoms with Crippen LogP contribution in [0, 0.1) is 11.6 Å². The van der Waals surface area contributed by atoms with Crippen LogP contribution in [0.15, 0.2) is 12.1 Å². The van der Waals surface area contributed by atoms with Gasteiger partial charge in [-0.3, -0.25) is 4.90 Å². The molecular formula is C14H19ClF2N2O. The van der Waals surface area contributed by atoms with E-state index in [1.165, 1.54) is 12.1 Å². The summed E-state index contributed by atoms with van der Waals surface area (Å²) in [6.45, 7) is 3.04. The van der Waals surface area contributed by atoms with Crippen LogP contribution in [0.2, 0.25) is 5.02 Å². The summed E-state index contributed by atoms with van der Waals surface area (Å²) in [6.07, 6.45) is 1.00. The zero-order chi connectivity index (χ0) is 14.5. The van der Waals surface area contributed by atoms with Crippen molar-refractivity contribution in [2.75, 3.05) is 32.8 Å². The fourth-order valence-electron chi connectivity index (χ4n) is 2.64. The summed E-state index contributed by atoms with van der Waals surface area (Å²) in [4.78, 5) is 2.05. The lowest BCUT2D eigenvalue weighted by molar-refractivity contribution is 0.148. The van der Waals surface area contributed by atoms with Crippen LogP contribution in [0.3, 0.4) is 0 Å². The van der Waals surface area contributed by atoms with E-state index in [-0.39, 0.29) is 23.2 Å². The molecule has 1 aromatic carbocycles. The van der Waals surface area contributed by atoms with Crippen molar-refractivity contribution in [1.82, 2.24) is 10.2 Å². The first-order valence-electron chi connectivity index (χ1n) is 6.84. The fourth-order valence-corrected chi connectivity index (χ4v) is 2.80. The van der Waals surface area contributed by atoms with Crippen molar-refractivity contribution in [1.29, 1.82) is 0 Å². The van der Waals surface area contributed by atoms with Gasteiger partial charge in [-0.05, 0) is 25.0 Å². The summed E-state index contributed by atoms with van der Waals surface area (Å²) in [6, 6.07) is 2.05. The Balaban J connectivity index is 2.32. The van der Waals surface area contributed by atoms with Gasteiger partial charge >= 0.3 is 0 Å². The van der Waals surface area contributed by atoms with Gasteiger partial charge in [0.2, 0.25) is 0 Å². The highest BCUT2D eigenvalue weighted by Crippen LogP contribution is 2.33. The number of hydrogen-bond donors (Lipinski definition) is 2. The van der Waals surface area contributed by atoms with E-state index in [1.807, 2.05) is 4.90 Å². The van der Waals surface area contributed by atoms with Gasteiger partial charge in [0.05, 0.1) is 5.02 Å². The Labute approximate surface area is 122 Å². The number of hydrogen-bond acceptors (Lipinski definition) is 3. The molecule has 1 aliphatic rings.